The minimum atomic E-state index is 0.994. The van der Waals surface area contributed by atoms with Gasteiger partial charge in [-0.05, 0) is 105 Å². The van der Waals surface area contributed by atoms with Crippen LogP contribution >= 0.6 is 0 Å². The first-order valence-corrected chi connectivity index (χ1v) is 14.0. The molecule has 1 heterocycles. The summed E-state index contributed by atoms with van der Waals surface area (Å²) in [7, 11) is 0. The van der Waals surface area contributed by atoms with Crippen LogP contribution < -0.4 is 10.2 Å². The SMILES string of the molecule is CCc1cc2c(cc1C)CCN2Cc1ccccc1C(NCCCCC1=CCCC=C1)=C1CCC1. The monoisotopic (exact) mass is 466 g/mol. The van der Waals surface area contributed by atoms with Crippen molar-refractivity contribution in [3.63, 3.8) is 0 Å². The number of hydrogen-bond acceptors (Lipinski definition) is 2. The molecule has 1 fully saturated rings. The number of aryl methyl sites for hydroxylation is 2. The second-order valence-corrected chi connectivity index (χ2v) is 10.6. The van der Waals surface area contributed by atoms with E-state index in [4.69, 9.17) is 0 Å². The molecule has 2 aromatic rings. The molecule has 0 bridgehead atoms. The molecule has 3 aliphatic rings. The van der Waals surface area contributed by atoms with Gasteiger partial charge in [0.2, 0.25) is 0 Å². The van der Waals surface area contributed by atoms with Crippen LogP contribution in [0.25, 0.3) is 5.70 Å². The van der Waals surface area contributed by atoms with Crippen molar-refractivity contribution < 1.29 is 0 Å². The fourth-order valence-corrected chi connectivity index (χ4v) is 5.86. The molecule has 0 radical (unpaired) electrons. The summed E-state index contributed by atoms with van der Waals surface area (Å²) >= 11 is 0. The van der Waals surface area contributed by atoms with E-state index in [-0.39, 0.29) is 0 Å². The highest BCUT2D eigenvalue weighted by molar-refractivity contribution is 5.71. The van der Waals surface area contributed by atoms with Gasteiger partial charge in [-0.1, -0.05) is 61.1 Å². The zero-order valence-electron chi connectivity index (χ0n) is 21.8. The smallest absolute Gasteiger partial charge is 0.0436 e. The summed E-state index contributed by atoms with van der Waals surface area (Å²) in [5.41, 5.74) is 13.4. The van der Waals surface area contributed by atoms with Gasteiger partial charge in [-0.3, -0.25) is 0 Å². The normalized spacial score (nSPS) is 16.7. The Morgan fingerprint density at radius 1 is 1.00 bits per heavy atom. The van der Waals surface area contributed by atoms with Crippen molar-refractivity contribution >= 4 is 11.4 Å². The van der Waals surface area contributed by atoms with E-state index >= 15 is 0 Å². The highest BCUT2D eigenvalue weighted by atomic mass is 15.1. The largest absolute Gasteiger partial charge is 0.385 e. The summed E-state index contributed by atoms with van der Waals surface area (Å²) in [6, 6.07) is 14.0. The number of anilines is 1. The molecule has 35 heavy (non-hydrogen) atoms. The van der Waals surface area contributed by atoms with Gasteiger partial charge in [0.15, 0.2) is 0 Å². The quantitative estimate of drug-likeness (QED) is 0.356. The third-order valence-electron chi connectivity index (χ3n) is 8.13. The lowest BCUT2D eigenvalue weighted by atomic mass is 9.87. The van der Waals surface area contributed by atoms with Crippen molar-refractivity contribution in [3.05, 3.63) is 93.6 Å². The second-order valence-electron chi connectivity index (χ2n) is 10.6. The Hall–Kier alpha value is -2.74. The molecule has 1 aliphatic heterocycles. The van der Waals surface area contributed by atoms with Crippen molar-refractivity contribution in [3.8, 4) is 0 Å². The first kappa shape index (κ1) is 24.0. The molecule has 1 saturated carbocycles. The fourth-order valence-electron chi connectivity index (χ4n) is 5.86. The number of unbranched alkanes of at least 4 members (excludes halogenated alkanes) is 1. The van der Waals surface area contributed by atoms with E-state index in [0.717, 1.165) is 26.1 Å². The minimum absolute atomic E-state index is 0.994. The molecule has 0 spiro atoms. The molecule has 0 atom stereocenters. The summed E-state index contributed by atoms with van der Waals surface area (Å²) in [6.45, 7) is 7.72. The summed E-state index contributed by atoms with van der Waals surface area (Å²) in [4.78, 5) is 2.61. The Balaban J connectivity index is 1.28. The van der Waals surface area contributed by atoms with Gasteiger partial charge in [-0.2, -0.15) is 0 Å². The van der Waals surface area contributed by atoms with Crippen LogP contribution in [-0.4, -0.2) is 13.1 Å². The zero-order chi connectivity index (χ0) is 24.0. The van der Waals surface area contributed by atoms with E-state index in [0.29, 0.717) is 0 Å². The van der Waals surface area contributed by atoms with Crippen molar-refractivity contribution in [1.29, 1.82) is 0 Å². The van der Waals surface area contributed by atoms with Gasteiger partial charge in [0.25, 0.3) is 0 Å². The Labute approximate surface area is 212 Å². The average Bonchev–Trinajstić information content (AvgIpc) is 3.23. The van der Waals surface area contributed by atoms with E-state index in [1.54, 1.807) is 5.57 Å². The molecule has 2 aromatic carbocycles. The Bertz CT molecular complexity index is 1130. The first-order chi connectivity index (χ1) is 17.2. The Morgan fingerprint density at radius 3 is 2.66 bits per heavy atom. The van der Waals surface area contributed by atoms with Crippen molar-refractivity contribution in [1.82, 2.24) is 5.32 Å². The summed E-state index contributed by atoms with van der Waals surface area (Å²) in [5, 5.41) is 3.91. The van der Waals surface area contributed by atoms with Crippen LogP contribution in [-0.2, 0) is 19.4 Å². The molecule has 0 amide bonds. The third kappa shape index (κ3) is 5.58. The molecule has 5 rings (SSSR count). The fraction of sp³-hybridized carbons (Fsp3) is 0.455. The van der Waals surface area contributed by atoms with E-state index in [2.05, 4.69) is 78.7 Å². The molecule has 184 valence electrons. The maximum Gasteiger partial charge on any atom is 0.0436 e. The molecular formula is C33H42N2. The lowest BCUT2D eigenvalue weighted by Crippen LogP contribution is -2.23. The molecule has 2 heteroatoms. The lowest BCUT2D eigenvalue weighted by molar-refractivity contribution is 0.645. The van der Waals surface area contributed by atoms with Crippen LogP contribution in [0.4, 0.5) is 5.69 Å². The maximum atomic E-state index is 3.91. The number of rotatable bonds is 10. The standard InChI is InChI=1S/C33H42N2/c1-3-27-23-32-29(22-25(27)2)19-21-35(32)24-30-15-7-8-18-31(30)33(28-16-11-17-28)34-20-10-9-14-26-12-5-4-6-13-26/h5,7-8,12-13,15,18,22-23,34H,3-4,6,9-11,14,16-17,19-21,24H2,1-2H3. The predicted octanol–water partition coefficient (Wildman–Crippen LogP) is 8.05. The highest BCUT2D eigenvalue weighted by Crippen LogP contribution is 2.36. The van der Waals surface area contributed by atoms with Gasteiger partial charge in [0.05, 0.1) is 0 Å². The van der Waals surface area contributed by atoms with Gasteiger partial charge in [-0.25, -0.2) is 0 Å². The van der Waals surface area contributed by atoms with Crippen molar-refractivity contribution in [2.75, 3.05) is 18.0 Å². The number of nitrogens with one attached hydrogen (secondary N) is 1. The van der Waals surface area contributed by atoms with Crippen LogP contribution in [0.5, 0.6) is 0 Å². The maximum absolute atomic E-state index is 3.91. The summed E-state index contributed by atoms with van der Waals surface area (Å²) < 4.78 is 0. The highest BCUT2D eigenvalue weighted by Gasteiger charge is 2.23. The van der Waals surface area contributed by atoms with Crippen LogP contribution in [0, 0.1) is 6.92 Å². The van der Waals surface area contributed by atoms with Crippen LogP contribution in [0.2, 0.25) is 0 Å². The molecular weight excluding hydrogens is 424 g/mol. The second kappa shape index (κ2) is 11.3. The van der Waals surface area contributed by atoms with E-state index in [1.807, 2.05) is 0 Å². The summed E-state index contributed by atoms with van der Waals surface area (Å²) in [6.07, 6.45) is 19.3. The predicted molar refractivity (Wildman–Crippen MR) is 151 cm³/mol. The van der Waals surface area contributed by atoms with Crippen LogP contribution in [0.3, 0.4) is 0 Å². The number of benzene rings is 2. The minimum Gasteiger partial charge on any atom is -0.385 e. The van der Waals surface area contributed by atoms with E-state index in [9.17, 15) is 0 Å². The van der Waals surface area contributed by atoms with Crippen molar-refractivity contribution in [2.45, 2.75) is 84.6 Å². The van der Waals surface area contributed by atoms with E-state index in [1.165, 1.54) is 103 Å². The topological polar surface area (TPSA) is 15.3 Å². The molecule has 2 nitrogen and oxygen atoms in total. The first-order valence-electron chi connectivity index (χ1n) is 14.0. The van der Waals surface area contributed by atoms with Gasteiger partial charge in [-0.15, -0.1) is 0 Å². The van der Waals surface area contributed by atoms with E-state index < -0.39 is 0 Å². The molecule has 0 unspecified atom stereocenters. The Morgan fingerprint density at radius 2 is 1.89 bits per heavy atom. The zero-order valence-corrected chi connectivity index (χ0v) is 21.8. The summed E-state index contributed by atoms with van der Waals surface area (Å²) in [5.74, 6) is 0. The average molecular weight is 467 g/mol. The van der Waals surface area contributed by atoms with Gasteiger partial charge in [0, 0.05) is 36.6 Å². The molecule has 0 saturated heterocycles. The Kier molecular flexibility index (Phi) is 7.76. The van der Waals surface area contributed by atoms with Crippen LogP contribution in [0.1, 0.15) is 86.1 Å². The van der Waals surface area contributed by atoms with Gasteiger partial charge < -0.3 is 10.2 Å². The third-order valence-corrected chi connectivity index (χ3v) is 8.13. The molecule has 1 N–H and O–H groups in total. The van der Waals surface area contributed by atoms with Gasteiger partial charge in [0.1, 0.15) is 0 Å². The lowest BCUT2D eigenvalue weighted by Gasteiger charge is -2.27. The molecule has 2 aliphatic carbocycles. The number of hydrogen-bond donors (Lipinski definition) is 1. The van der Waals surface area contributed by atoms with Crippen molar-refractivity contribution in [2.24, 2.45) is 0 Å². The number of nitrogens with zero attached hydrogens (tertiary/aromatic N) is 1. The molecule has 0 aromatic heterocycles. The number of allylic oxidation sites excluding steroid dienone is 5. The van der Waals surface area contributed by atoms with Gasteiger partial charge >= 0.3 is 0 Å². The van der Waals surface area contributed by atoms with Crippen LogP contribution in [0.15, 0.2) is 65.8 Å². The number of fused-ring (bicyclic) bond motifs is 1.